The number of carbonyl (C=O) groups excluding carboxylic acids is 2. The third-order valence-corrected chi connectivity index (χ3v) is 5.86. The molecule has 0 bridgehead atoms. The molecule has 1 aliphatic carbocycles. The first-order chi connectivity index (χ1) is 12.6. The maximum absolute atomic E-state index is 12.7. The van der Waals surface area contributed by atoms with Crippen LogP contribution in [-0.4, -0.2) is 42.9 Å². The van der Waals surface area contributed by atoms with Crippen LogP contribution in [0.15, 0.2) is 24.3 Å². The van der Waals surface area contributed by atoms with E-state index >= 15 is 0 Å². The minimum atomic E-state index is -0.0969. The molecule has 0 spiro atoms. The van der Waals surface area contributed by atoms with Crippen molar-refractivity contribution in [1.29, 1.82) is 0 Å². The van der Waals surface area contributed by atoms with Crippen molar-refractivity contribution < 1.29 is 9.59 Å². The Morgan fingerprint density at radius 2 is 1.96 bits per heavy atom. The summed E-state index contributed by atoms with van der Waals surface area (Å²) in [7, 11) is 0. The topological polar surface area (TPSA) is 61.4 Å². The van der Waals surface area contributed by atoms with Gasteiger partial charge in [0.2, 0.25) is 11.8 Å². The molecule has 150 valence electrons. The zero-order valence-corrected chi connectivity index (χ0v) is 17.2. The fraction of sp³-hybridized carbons (Fsp3) is 0.600. The number of benzene rings is 1. The van der Waals surface area contributed by atoms with Crippen LogP contribution in [-0.2, 0) is 9.59 Å². The van der Waals surface area contributed by atoms with Crippen LogP contribution in [0.3, 0.4) is 0 Å². The van der Waals surface area contributed by atoms with Gasteiger partial charge in [0, 0.05) is 31.1 Å². The standard InChI is InChI=1S/C20H28ClN3O2.ClH/c21-17-8-4-3-7-16(17)18-13-22-11-12-24(18)20(26)14-23-19(25)10-9-15-5-1-2-6-15;/h3-4,7-8,15,18,22H,1-2,5-6,9-14H2,(H,23,25);1H. The molecule has 2 amide bonds. The summed E-state index contributed by atoms with van der Waals surface area (Å²) < 4.78 is 0. The monoisotopic (exact) mass is 413 g/mol. The predicted octanol–water partition coefficient (Wildman–Crippen LogP) is 3.32. The summed E-state index contributed by atoms with van der Waals surface area (Å²) in [6, 6.07) is 7.53. The lowest BCUT2D eigenvalue weighted by Crippen LogP contribution is -2.51. The van der Waals surface area contributed by atoms with Gasteiger partial charge in [-0.3, -0.25) is 9.59 Å². The van der Waals surface area contributed by atoms with E-state index in [2.05, 4.69) is 10.6 Å². The van der Waals surface area contributed by atoms with Crippen molar-refractivity contribution in [2.24, 2.45) is 5.92 Å². The average Bonchev–Trinajstić information content (AvgIpc) is 3.18. The molecule has 2 fully saturated rings. The molecule has 5 nitrogen and oxygen atoms in total. The Bertz CT molecular complexity index is 635. The highest BCUT2D eigenvalue weighted by atomic mass is 35.5. The first-order valence-electron chi connectivity index (χ1n) is 9.66. The number of amides is 2. The molecular formula is C20H29Cl2N3O2. The van der Waals surface area contributed by atoms with Crippen LogP contribution >= 0.6 is 24.0 Å². The summed E-state index contributed by atoms with van der Waals surface area (Å²) in [4.78, 5) is 26.6. The van der Waals surface area contributed by atoms with E-state index in [0.29, 0.717) is 30.5 Å². The molecule has 0 radical (unpaired) electrons. The van der Waals surface area contributed by atoms with Gasteiger partial charge >= 0.3 is 0 Å². The van der Waals surface area contributed by atoms with Gasteiger partial charge in [-0.25, -0.2) is 0 Å². The number of rotatable bonds is 6. The minimum absolute atomic E-state index is 0. The van der Waals surface area contributed by atoms with Crippen LogP contribution in [0, 0.1) is 5.92 Å². The van der Waals surface area contributed by atoms with Gasteiger partial charge in [0.25, 0.3) is 0 Å². The predicted molar refractivity (Wildman–Crippen MR) is 110 cm³/mol. The summed E-state index contributed by atoms with van der Waals surface area (Å²) in [5.74, 6) is 0.620. The van der Waals surface area contributed by atoms with E-state index < -0.39 is 0 Å². The molecule has 2 N–H and O–H groups in total. The summed E-state index contributed by atoms with van der Waals surface area (Å²) in [5.41, 5.74) is 0.947. The van der Waals surface area contributed by atoms with E-state index in [9.17, 15) is 9.59 Å². The Labute approximate surface area is 172 Å². The lowest BCUT2D eigenvalue weighted by Gasteiger charge is -2.37. The number of piperazine rings is 1. The van der Waals surface area contributed by atoms with E-state index in [1.165, 1.54) is 25.7 Å². The quantitative estimate of drug-likeness (QED) is 0.751. The van der Waals surface area contributed by atoms with Gasteiger partial charge < -0.3 is 15.5 Å². The summed E-state index contributed by atoms with van der Waals surface area (Å²) in [6.07, 6.45) is 6.52. The molecule has 27 heavy (non-hydrogen) atoms. The second-order valence-corrected chi connectivity index (χ2v) is 7.70. The highest BCUT2D eigenvalue weighted by molar-refractivity contribution is 6.31. The molecule has 2 aliphatic rings. The average molecular weight is 414 g/mol. The van der Waals surface area contributed by atoms with Crippen LogP contribution < -0.4 is 10.6 Å². The van der Waals surface area contributed by atoms with Crippen molar-refractivity contribution in [3.63, 3.8) is 0 Å². The largest absolute Gasteiger partial charge is 0.347 e. The fourth-order valence-corrected chi connectivity index (χ4v) is 4.29. The fourth-order valence-electron chi connectivity index (χ4n) is 4.02. The molecule has 1 saturated carbocycles. The van der Waals surface area contributed by atoms with E-state index in [4.69, 9.17) is 11.6 Å². The first-order valence-corrected chi connectivity index (χ1v) is 10.0. The van der Waals surface area contributed by atoms with Crippen LogP contribution in [0.5, 0.6) is 0 Å². The second kappa shape index (κ2) is 10.9. The molecule has 1 atom stereocenters. The molecule has 1 aromatic rings. The van der Waals surface area contributed by atoms with Gasteiger partial charge in [-0.2, -0.15) is 0 Å². The number of hydrogen-bond donors (Lipinski definition) is 2. The van der Waals surface area contributed by atoms with Crippen LogP contribution in [0.25, 0.3) is 0 Å². The smallest absolute Gasteiger partial charge is 0.242 e. The number of hydrogen-bond acceptors (Lipinski definition) is 3. The molecule has 3 rings (SSSR count). The molecule has 1 aromatic carbocycles. The number of carbonyl (C=O) groups is 2. The molecule has 1 aliphatic heterocycles. The lowest BCUT2D eigenvalue weighted by atomic mass is 10.0. The van der Waals surface area contributed by atoms with Gasteiger partial charge in [0.05, 0.1) is 12.6 Å². The molecule has 0 aromatic heterocycles. The normalized spacial score (nSPS) is 20.2. The zero-order chi connectivity index (χ0) is 18.4. The van der Waals surface area contributed by atoms with Crippen LogP contribution in [0.2, 0.25) is 5.02 Å². The Morgan fingerprint density at radius 3 is 2.70 bits per heavy atom. The van der Waals surface area contributed by atoms with Gasteiger partial charge in [-0.1, -0.05) is 55.5 Å². The number of nitrogens with one attached hydrogen (secondary N) is 2. The maximum Gasteiger partial charge on any atom is 0.242 e. The molecule has 1 unspecified atom stereocenters. The van der Waals surface area contributed by atoms with Gasteiger partial charge in [-0.05, 0) is 24.0 Å². The van der Waals surface area contributed by atoms with E-state index in [-0.39, 0.29) is 36.8 Å². The van der Waals surface area contributed by atoms with Crippen molar-refractivity contribution in [2.45, 2.75) is 44.6 Å². The highest BCUT2D eigenvalue weighted by Gasteiger charge is 2.29. The third-order valence-electron chi connectivity index (χ3n) is 5.52. The van der Waals surface area contributed by atoms with E-state index in [0.717, 1.165) is 18.5 Å². The van der Waals surface area contributed by atoms with Crippen LogP contribution in [0.1, 0.15) is 50.1 Å². The van der Waals surface area contributed by atoms with E-state index in [1.807, 2.05) is 29.2 Å². The Kier molecular flexibility index (Phi) is 8.87. The maximum atomic E-state index is 12.7. The SMILES string of the molecule is Cl.O=C(CCC1CCCC1)NCC(=O)N1CCNCC1c1ccccc1Cl. The molecule has 7 heteroatoms. The summed E-state index contributed by atoms with van der Waals surface area (Å²) in [6.45, 7) is 2.10. The Morgan fingerprint density at radius 1 is 1.22 bits per heavy atom. The minimum Gasteiger partial charge on any atom is -0.347 e. The highest BCUT2D eigenvalue weighted by Crippen LogP contribution is 2.29. The third kappa shape index (κ3) is 6.09. The Hall–Kier alpha value is -1.30. The Balaban J connectivity index is 0.00000261. The van der Waals surface area contributed by atoms with Crippen molar-refractivity contribution in [3.05, 3.63) is 34.9 Å². The summed E-state index contributed by atoms with van der Waals surface area (Å²) in [5, 5.41) is 6.79. The number of halogens is 2. The van der Waals surface area contributed by atoms with Gasteiger partial charge in [0.1, 0.15) is 0 Å². The molecular weight excluding hydrogens is 385 g/mol. The number of nitrogens with zero attached hydrogens (tertiary/aromatic N) is 1. The molecule has 1 saturated heterocycles. The first kappa shape index (κ1) is 22.0. The van der Waals surface area contributed by atoms with Crippen molar-refractivity contribution in [2.75, 3.05) is 26.2 Å². The van der Waals surface area contributed by atoms with Crippen molar-refractivity contribution in [1.82, 2.24) is 15.5 Å². The molecule has 1 heterocycles. The lowest BCUT2D eigenvalue weighted by molar-refractivity contribution is -0.135. The second-order valence-electron chi connectivity index (χ2n) is 7.29. The van der Waals surface area contributed by atoms with E-state index in [1.54, 1.807) is 0 Å². The van der Waals surface area contributed by atoms with Crippen molar-refractivity contribution >= 4 is 35.8 Å². The van der Waals surface area contributed by atoms with Crippen molar-refractivity contribution in [3.8, 4) is 0 Å². The van der Waals surface area contributed by atoms with Gasteiger partial charge in [0.15, 0.2) is 0 Å². The summed E-state index contributed by atoms with van der Waals surface area (Å²) >= 11 is 6.32. The van der Waals surface area contributed by atoms with Crippen LogP contribution in [0.4, 0.5) is 0 Å². The zero-order valence-electron chi connectivity index (χ0n) is 15.6. The van der Waals surface area contributed by atoms with Gasteiger partial charge in [-0.15, -0.1) is 12.4 Å².